The number of aromatic hydroxyl groups is 1. The summed E-state index contributed by atoms with van der Waals surface area (Å²) in [6.07, 6.45) is 0. The van der Waals surface area contributed by atoms with E-state index >= 15 is 0 Å². The van der Waals surface area contributed by atoms with Crippen LogP contribution in [-0.4, -0.2) is 27.2 Å². The molecule has 7 heteroatoms. The van der Waals surface area contributed by atoms with Crippen LogP contribution in [0.5, 0.6) is 5.75 Å². The fourth-order valence-corrected chi connectivity index (χ4v) is 1.79. The van der Waals surface area contributed by atoms with E-state index < -0.39 is 11.9 Å². The quantitative estimate of drug-likeness (QED) is 0.738. The Morgan fingerprint density at radius 3 is 2.55 bits per heavy atom. The number of aromatic nitrogens is 1. The molecule has 7 nitrogen and oxygen atoms in total. The van der Waals surface area contributed by atoms with E-state index in [1.54, 1.807) is 13.8 Å². The standard InChI is InChI=1S/C13H12N2O5/c1-6-11(7(2)20-15-6)12(17)14-8-3-4-10(16)9(5-8)13(18)19/h3-5,16H,1-2H3,(H,14,17)(H,18,19). The number of hydrogen-bond acceptors (Lipinski definition) is 5. The minimum Gasteiger partial charge on any atom is -0.507 e. The highest BCUT2D eigenvalue weighted by Gasteiger charge is 2.18. The topological polar surface area (TPSA) is 113 Å². The Hall–Kier alpha value is -2.83. The predicted molar refractivity (Wildman–Crippen MR) is 69.0 cm³/mol. The maximum atomic E-state index is 12.1. The lowest BCUT2D eigenvalue weighted by Gasteiger charge is -2.07. The van der Waals surface area contributed by atoms with Crippen molar-refractivity contribution in [2.75, 3.05) is 5.32 Å². The Morgan fingerprint density at radius 1 is 1.30 bits per heavy atom. The van der Waals surface area contributed by atoms with Crippen LogP contribution in [0.1, 0.15) is 32.2 Å². The summed E-state index contributed by atoms with van der Waals surface area (Å²) in [5.74, 6) is -1.73. The van der Waals surface area contributed by atoms with E-state index in [9.17, 15) is 14.7 Å². The van der Waals surface area contributed by atoms with Crippen molar-refractivity contribution >= 4 is 17.6 Å². The Kier molecular flexibility index (Phi) is 3.43. The van der Waals surface area contributed by atoms with Gasteiger partial charge >= 0.3 is 5.97 Å². The molecule has 3 N–H and O–H groups in total. The second-order valence-corrected chi connectivity index (χ2v) is 4.19. The summed E-state index contributed by atoms with van der Waals surface area (Å²) in [4.78, 5) is 23.0. The zero-order valence-corrected chi connectivity index (χ0v) is 10.8. The van der Waals surface area contributed by atoms with Gasteiger partial charge in [-0.2, -0.15) is 0 Å². The zero-order valence-electron chi connectivity index (χ0n) is 10.8. The Morgan fingerprint density at radius 2 is 2.00 bits per heavy atom. The first-order valence-corrected chi connectivity index (χ1v) is 5.70. The summed E-state index contributed by atoms with van der Waals surface area (Å²) >= 11 is 0. The molecule has 0 atom stereocenters. The second-order valence-electron chi connectivity index (χ2n) is 4.19. The van der Waals surface area contributed by atoms with Crippen LogP contribution in [0, 0.1) is 13.8 Å². The molecule has 0 unspecified atom stereocenters. The molecular weight excluding hydrogens is 264 g/mol. The number of anilines is 1. The second kappa shape index (κ2) is 5.04. The van der Waals surface area contributed by atoms with Gasteiger partial charge in [0, 0.05) is 5.69 Å². The Balaban J connectivity index is 2.29. The van der Waals surface area contributed by atoms with Crippen molar-refractivity contribution in [1.29, 1.82) is 0 Å². The summed E-state index contributed by atoms with van der Waals surface area (Å²) in [5.41, 5.74) is 0.707. The average Bonchev–Trinajstić information content (AvgIpc) is 2.71. The average molecular weight is 276 g/mol. The number of nitrogens with one attached hydrogen (secondary N) is 1. The number of benzene rings is 1. The van der Waals surface area contributed by atoms with Crippen molar-refractivity contribution in [2.24, 2.45) is 0 Å². The number of carboxylic acids is 1. The number of carbonyl (C=O) groups excluding carboxylic acids is 1. The Bertz CT molecular complexity index is 671. The van der Waals surface area contributed by atoms with E-state index in [4.69, 9.17) is 9.63 Å². The van der Waals surface area contributed by atoms with Crippen LogP contribution in [0.3, 0.4) is 0 Å². The minimum absolute atomic E-state index is 0.255. The van der Waals surface area contributed by atoms with E-state index in [0.29, 0.717) is 17.0 Å². The number of aromatic carboxylic acids is 1. The fourth-order valence-electron chi connectivity index (χ4n) is 1.79. The highest BCUT2D eigenvalue weighted by Crippen LogP contribution is 2.22. The van der Waals surface area contributed by atoms with Gasteiger partial charge in [0.2, 0.25) is 0 Å². The number of hydrogen-bond donors (Lipinski definition) is 3. The molecule has 1 amide bonds. The first kappa shape index (κ1) is 13.6. The number of carbonyl (C=O) groups is 2. The number of phenols is 1. The third-order valence-electron chi connectivity index (χ3n) is 2.75. The molecule has 1 aromatic carbocycles. The molecule has 0 spiro atoms. The summed E-state index contributed by atoms with van der Waals surface area (Å²) in [7, 11) is 0. The summed E-state index contributed by atoms with van der Waals surface area (Å²) in [6, 6.07) is 3.78. The monoisotopic (exact) mass is 276 g/mol. The largest absolute Gasteiger partial charge is 0.507 e. The SMILES string of the molecule is Cc1noc(C)c1C(=O)Nc1ccc(O)c(C(=O)O)c1. The van der Waals surface area contributed by atoms with Crippen molar-refractivity contribution in [3.8, 4) is 5.75 Å². The molecule has 0 radical (unpaired) electrons. The van der Waals surface area contributed by atoms with Crippen LogP contribution in [-0.2, 0) is 0 Å². The molecule has 0 aliphatic rings. The van der Waals surface area contributed by atoms with Gasteiger partial charge < -0.3 is 20.1 Å². The van der Waals surface area contributed by atoms with Gasteiger partial charge in [0.1, 0.15) is 22.6 Å². The van der Waals surface area contributed by atoms with E-state index in [1.807, 2.05) is 0 Å². The molecule has 1 aromatic heterocycles. The van der Waals surface area contributed by atoms with E-state index in [2.05, 4.69) is 10.5 Å². The van der Waals surface area contributed by atoms with Crippen LogP contribution in [0.4, 0.5) is 5.69 Å². The molecule has 0 aliphatic heterocycles. The highest BCUT2D eigenvalue weighted by atomic mass is 16.5. The van der Waals surface area contributed by atoms with Gasteiger partial charge in [-0.1, -0.05) is 5.16 Å². The van der Waals surface area contributed by atoms with Crippen LogP contribution >= 0.6 is 0 Å². The lowest BCUT2D eigenvalue weighted by Crippen LogP contribution is -2.14. The number of carboxylic acid groups (broad SMARTS) is 1. The van der Waals surface area contributed by atoms with Crippen LogP contribution in [0.2, 0.25) is 0 Å². The molecule has 0 aliphatic carbocycles. The third-order valence-corrected chi connectivity index (χ3v) is 2.75. The van der Waals surface area contributed by atoms with Gasteiger partial charge in [0.15, 0.2) is 0 Å². The van der Waals surface area contributed by atoms with E-state index in [0.717, 1.165) is 0 Å². The molecule has 2 aromatic rings. The highest BCUT2D eigenvalue weighted by molar-refractivity contribution is 6.06. The molecule has 0 bridgehead atoms. The molecule has 0 saturated carbocycles. The molecule has 1 heterocycles. The smallest absolute Gasteiger partial charge is 0.339 e. The first-order chi connectivity index (χ1) is 9.40. The summed E-state index contributed by atoms with van der Waals surface area (Å²) in [6.45, 7) is 3.24. The molecule has 0 saturated heterocycles. The molecule has 104 valence electrons. The molecular formula is C13H12N2O5. The lowest BCUT2D eigenvalue weighted by atomic mass is 10.1. The Labute approximate surface area is 113 Å². The maximum absolute atomic E-state index is 12.1. The van der Waals surface area contributed by atoms with E-state index in [1.165, 1.54) is 18.2 Å². The molecule has 0 fully saturated rings. The van der Waals surface area contributed by atoms with Gasteiger partial charge in [-0.3, -0.25) is 4.79 Å². The normalized spacial score (nSPS) is 10.3. The van der Waals surface area contributed by atoms with Gasteiger partial charge in [0.25, 0.3) is 5.91 Å². The summed E-state index contributed by atoms with van der Waals surface area (Å²) in [5, 5.41) is 24.5. The fraction of sp³-hybridized carbons (Fsp3) is 0.154. The minimum atomic E-state index is -1.28. The van der Waals surface area contributed by atoms with Crippen molar-refractivity contribution in [3.05, 3.63) is 40.8 Å². The molecule has 20 heavy (non-hydrogen) atoms. The lowest BCUT2D eigenvalue weighted by molar-refractivity contribution is 0.0693. The summed E-state index contributed by atoms with van der Waals surface area (Å²) < 4.78 is 4.89. The van der Waals surface area contributed by atoms with Gasteiger partial charge in [-0.25, -0.2) is 4.79 Å². The van der Waals surface area contributed by atoms with Crippen LogP contribution in [0.15, 0.2) is 22.7 Å². The predicted octanol–water partition coefficient (Wildman–Crippen LogP) is 1.95. The van der Waals surface area contributed by atoms with Crippen LogP contribution in [0.25, 0.3) is 0 Å². The maximum Gasteiger partial charge on any atom is 0.339 e. The molecule has 2 rings (SSSR count). The number of nitrogens with zero attached hydrogens (tertiary/aromatic N) is 1. The number of aryl methyl sites for hydroxylation is 2. The van der Waals surface area contributed by atoms with Crippen molar-refractivity contribution in [1.82, 2.24) is 5.16 Å². The van der Waals surface area contributed by atoms with Crippen molar-refractivity contribution in [3.63, 3.8) is 0 Å². The van der Waals surface area contributed by atoms with Crippen molar-refractivity contribution < 1.29 is 24.3 Å². The third kappa shape index (κ3) is 2.46. The van der Waals surface area contributed by atoms with Crippen molar-refractivity contribution in [2.45, 2.75) is 13.8 Å². The number of amides is 1. The van der Waals surface area contributed by atoms with Crippen LogP contribution < -0.4 is 5.32 Å². The van der Waals surface area contributed by atoms with Gasteiger partial charge in [0.05, 0.1) is 5.69 Å². The van der Waals surface area contributed by atoms with E-state index in [-0.39, 0.29) is 17.0 Å². The first-order valence-electron chi connectivity index (χ1n) is 5.70. The zero-order chi connectivity index (χ0) is 14.9. The van der Waals surface area contributed by atoms with Gasteiger partial charge in [-0.15, -0.1) is 0 Å². The van der Waals surface area contributed by atoms with Gasteiger partial charge in [-0.05, 0) is 32.0 Å². The number of rotatable bonds is 3.